The van der Waals surface area contributed by atoms with Crippen molar-refractivity contribution in [2.75, 3.05) is 6.16 Å². The molecule has 0 bridgehead atoms. The first-order chi connectivity index (χ1) is 5.39. The molecule has 0 spiro atoms. The van der Waals surface area contributed by atoms with Crippen LogP contribution >= 0.6 is 18.5 Å². The van der Waals surface area contributed by atoms with Crippen LogP contribution in [0.4, 0.5) is 0 Å². The molecule has 4 nitrogen and oxygen atoms in total. The fraction of sp³-hybridized carbons (Fsp3) is 0.667. The second-order valence-corrected chi connectivity index (χ2v) is 4.34. The molecule has 12 heavy (non-hydrogen) atoms. The van der Waals surface area contributed by atoms with Crippen LogP contribution in [0.5, 0.6) is 0 Å². The van der Waals surface area contributed by atoms with Crippen molar-refractivity contribution >= 4 is 30.4 Å². The van der Waals surface area contributed by atoms with Gasteiger partial charge in [0.2, 0.25) is 0 Å². The van der Waals surface area contributed by atoms with E-state index < -0.39 is 17.1 Å². The van der Waals surface area contributed by atoms with Gasteiger partial charge in [-0.15, -0.1) is 18.5 Å². The van der Waals surface area contributed by atoms with Crippen LogP contribution in [-0.4, -0.2) is 33.5 Å². The normalized spacial score (nSPS) is 11.2. The van der Waals surface area contributed by atoms with Crippen LogP contribution in [0.15, 0.2) is 0 Å². The fourth-order valence-electron chi connectivity index (χ4n) is 0.809. The lowest BCUT2D eigenvalue weighted by Gasteiger charge is -2.23. The minimum absolute atomic E-state index is 0.145. The molecule has 6 heteroatoms. The maximum absolute atomic E-state index is 10.3. The number of rotatable bonds is 5. The molecule has 2 atom stereocenters. The zero-order valence-electron chi connectivity index (χ0n) is 6.49. The highest BCUT2D eigenvalue weighted by Crippen LogP contribution is 2.29. The van der Waals surface area contributed by atoms with Gasteiger partial charge in [-0.05, 0) is 6.16 Å². The predicted molar refractivity (Wildman–Crippen MR) is 51.5 cm³/mol. The molecule has 70 valence electrons. The van der Waals surface area contributed by atoms with Crippen LogP contribution in [0.3, 0.4) is 0 Å². The average Bonchev–Trinajstić information content (AvgIpc) is 1.83. The van der Waals surface area contributed by atoms with Gasteiger partial charge in [0.05, 0.1) is 12.8 Å². The van der Waals surface area contributed by atoms with E-state index in [-0.39, 0.29) is 12.8 Å². The zero-order valence-corrected chi connectivity index (χ0v) is 8.80. The molecule has 0 aromatic heterocycles. The summed E-state index contributed by atoms with van der Waals surface area (Å²) in [4.78, 5) is 20.7. The van der Waals surface area contributed by atoms with Gasteiger partial charge in [-0.2, -0.15) is 0 Å². The van der Waals surface area contributed by atoms with E-state index in [1.165, 1.54) is 0 Å². The minimum atomic E-state index is -0.978. The first-order valence-corrected chi connectivity index (χ1v) is 4.71. The standard InChI is InChI=1S/C6H12O4P2/c7-4(8)1-6(12,3-11)2-5(9)10/h1-3,11-12H2,(H,7,8)(H,9,10). The van der Waals surface area contributed by atoms with Crippen molar-refractivity contribution in [2.45, 2.75) is 18.0 Å². The molecular formula is C6H12O4P2. The molecule has 0 saturated heterocycles. The number of hydrogen-bond acceptors (Lipinski definition) is 2. The van der Waals surface area contributed by atoms with Crippen LogP contribution in [0, 0.1) is 0 Å². The van der Waals surface area contributed by atoms with Gasteiger partial charge >= 0.3 is 11.9 Å². The Labute approximate surface area is 75.1 Å². The van der Waals surface area contributed by atoms with Gasteiger partial charge in [-0.3, -0.25) is 9.59 Å². The van der Waals surface area contributed by atoms with Crippen molar-refractivity contribution in [1.82, 2.24) is 0 Å². The highest BCUT2D eigenvalue weighted by molar-refractivity contribution is 7.23. The molecule has 0 aromatic rings. The Morgan fingerprint density at radius 2 is 1.50 bits per heavy atom. The molecule has 0 aromatic carbocycles. The first-order valence-electron chi connectivity index (χ1n) is 3.32. The molecule has 0 aliphatic heterocycles. The van der Waals surface area contributed by atoms with E-state index >= 15 is 0 Å². The lowest BCUT2D eigenvalue weighted by molar-refractivity contribution is -0.139. The molecule has 0 radical (unpaired) electrons. The first kappa shape index (κ1) is 11.8. The van der Waals surface area contributed by atoms with Crippen LogP contribution < -0.4 is 0 Å². The van der Waals surface area contributed by atoms with Gasteiger partial charge in [0, 0.05) is 5.16 Å². The molecule has 0 rings (SSSR count). The van der Waals surface area contributed by atoms with Crippen molar-refractivity contribution in [3.05, 3.63) is 0 Å². The Kier molecular flexibility index (Phi) is 4.66. The zero-order chi connectivity index (χ0) is 9.78. The van der Waals surface area contributed by atoms with E-state index in [1.54, 1.807) is 0 Å². The third kappa shape index (κ3) is 4.63. The van der Waals surface area contributed by atoms with E-state index in [4.69, 9.17) is 10.2 Å². The number of hydrogen-bond donors (Lipinski definition) is 2. The van der Waals surface area contributed by atoms with Crippen LogP contribution in [0.1, 0.15) is 12.8 Å². The third-order valence-corrected chi connectivity index (χ3v) is 3.34. The smallest absolute Gasteiger partial charge is 0.304 e. The second-order valence-electron chi connectivity index (χ2n) is 2.71. The van der Waals surface area contributed by atoms with Gasteiger partial charge in [0.1, 0.15) is 0 Å². The summed E-state index contributed by atoms with van der Waals surface area (Å²) < 4.78 is 0. The monoisotopic (exact) mass is 210 g/mol. The number of carboxylic acid groups (broad SMARTS) is 2. The van der Waals surface area contributed by atoms with Crippen molar-refractivity contribution < 1.29 is 19.8 Å². The Morgan fingerprint density at radius 1 is 1.17 bits per heavy atom. The van der Waals surface area contributed by atoms with E-state index in [9.17, 15) is 9.59 Å². The molecule has 0 aliphatic rings. The van der Waals surface area contributed by atoms with Gasteiger partial charge in [0.15, 0.2) is 0 Å². The maximum atomic E-state index is 10.3. The van der Waals surface area contributed by atoms with Crippen LogP contribution in [-0.2, 0) is 9.59 Å². The summed E-state index contributed by atoms with van der Waals surface area (Å²) in [5.41, 5.74) is 0. The summed E-state index contributed by atoms with van der Waals surface area (Å²) in [6.45, 7) is 0. The van der Waals surface area contributed by atoms with Crippen LogP contribution in [0.25, 0.3) is 0 Å². The fourth-order valence-corrected chi connectivity index (χ4v) is 1.45. The predicted octanol–water partition coefficient (Wildman–Crippen LogP) is 0.425. The van der Waals surface area contributed by atoms with Gasteiger partial charge < -0.3 is 10.2 Å². The van der Waals surface area contributed by atoms with Crippen molar-refractivity contribution in [3.8, 4) is 0 Å². The molecule has 0 heterocycles. The summed E-state index contributed by atoms with van der Waals surface area (Å²) in [6.07, 6.45) is 0.150. The summed E-state index contributed by atoms with van der Waals surface area (Å²) >= 11 is 0. The molecule has 0 fully saturated rings. The molecular weight excluding hydrogens is 198 g/mol. The third-order valence-electron chi connectivity index (χ3n) is 1.41. The second kappa shape index (κ2) is 4.74. The topological polar surface area (TPSA) is 74.6 Å². The highest BCUT2D eigenvalue weighted by atomic mass is 31.0. The minimum Gasteiger partial charge on any atom is -0.481 e. The van der Waals surface area contributed by atoms with Crippen molar-refractivity contribution in [3.63, 3.8) is 0 Å². The van der Waals surface area contributed by atoms with E-state index in [0.29, 0.717) is 6.16 Å². The Balaban J connectivity index is 4.23. The number of carbonyl (C=O) groups is 2. The lowest BCUT2D eigenvalue weighted by atomic mass is 10.0. The molecule has 2 unspecified atom stereocenters. The molecule has 0 saturated carbocycles. The quantitative estimate of drug-likeness (QED) is 0.645. The van der Waals surface area contributed by atoms with Gasteiger partial charge in [0.25, 0.3) is 0 Å². The maximum Gasteiger partial charge on any atom is 0.304 e. The lowest BCUT2D eigenvalue weighted by Crippen LogP contribution is -2.29. The van der Waals surface area contributed by atoms with E-state index in [1.807, 2.05) is 0 Å². The average molecular weight is 210 g/mol. The molecule has 0 amide bonds. The van der Waals surface area contributed by atoms with E-state index in [2.05, 4.69) is 18.5 Å². The van der Waals surface area contributed by atoms with Crippen LogP contribution in [0.2, 0.25) is 0 Å². The van der Waals surface area contributed by atoms with Gasteiger partial charge in [-0.1, -0.05) is 0 Å². The summed E-state index contributed by atoms with van der Waals surface area (Å²) in [5, 5.41) is 16.2. The SMILES string of the molecule is O=C(O)CC(P)(CP)CC(=O)O. The molecule has 2 N–H and O–H groups in total. The largest absolute Gasteiger partial charge is 0.481 e. The van der Waals surface area contributed by atoms with Crippen molar-refractivity contribution in [1.29, 1.82) is 0 Å². The van der Waals surface area contributed by atoms with E-state index in [0.717, 1.165) is 0 Å². The molecule has 0 aliphatic carbocycles. The number of carboxylic acids is 2. The van der Waals surface area contributed by atoms with Crippen molar-refractivity contribution in [2.24, 2.45) is 0 Å². The number of aliphatic carboxylic acids is 2. The summed E-state index contributed by atoms with van der Waals surface area (Å²) in [5.74, 6) is -1.96. The van der Waals surface area contributed by atoms with Gasteiger partial charge in [-0.25, -0.2) is 0 Å². The Hall–Kier alpha value is -0.200. The highest BCUT2D eigenvalue weighted by Gasteiger charge is 2.28. The summed E-state index contributed by atoms with van der Waals surface area (Å²) in [6, 6.07) is 0. The Bertz CT molecular complexity index is 176. The Morgan fingerprint density at radius 3 is 1.67 bits per heavy atom. The summed E-state index contributed by atoms with van der Waals surface area (Å²) in [7, 11) is 4.66.